The molecule has 0 atom stereocenters. The first-order chi connectivity index (χ1) is 7.51. The average molecular weight is 252 g/mol. The zero-order valence-electron chi connectivity index (χ0n) is 8.46. The molecule has 0 fully saturated rings. The van der Waals surface area contributed by atoms with E-state index in [-0.39, 0.29) is 11.4 Å². The fourth-order valence-electron chi connectivity index (χ4n) is 1.09. The predicted molar refractivity (Wildman–Crippen MR) is 52.1 cm³/mol. The van der Waals surface area contributed by atoms with Crippen molar-refractivity contribution in [3.05, 3.63) is 22.3 Å². The highest BCUT2D eigenvalue weighted by atomic mass is 35.5. The van der Waals surface area contributed by atoms with Crippen LogP contribution in [0, 0.1) is 0 Å². The summed E-state index contributed by atoms with van der Waals surface area (Å²) >= 11 is 5.53. The minimum atomic E-state index is -2.92. The Morgan fingerprint density at radius 2 is 2.12 bits per heavy atom. The van der Waals surface area contributed by atoms with Crippen molar-refractivity contribution < 1.29 is 23.0 Å². The molecule has 0 N–H and O–H groups in total. The SMILES string of the molecule is COC(=O)c1cc(OC)nc(Cl)c1C(F)F. The zero-order valence-corrected chi connectivity index (χ0v) is 9.22. The van der Waals surface area contributed by atoms with E-state index in [2.05, 4.69) is 9.72 Å². The Kier molecular flexibility index (Phi) is 4.00. The number of hydrogen-bond donors (Lipinski definition) is 0. The predicted octanol–water partition coefficient (Wildman–Crippen LogP) is 2.47. The van der Waals surface area contributed by atoms with E-state index >= 15 is 0 Å². The minimum absolute atomic E-state index is 0.0326. The number of methoxy groups -OCH3 is 2. The van der Waals surface area contributed by atoms with Crippen LogP contribution >= 0.6 is 11.6 Å². The summed E-state index contributed by atoms with van der Waals surface area (Å²) in [6, 6.07) is 1.05. The molecule has 0 amide bonds. The van der Waals surface area contributed by atoms with Crippen LogP contribution in [0.15, 0.2) is 6.07 Å². The van der Waals surface area contributed by atoms with E-state index < -0.39 is 23.1 Å². The molecule has 0 aliphatic carbocycles. The van der Waals surface area contributed by atoms with Crippen LogP contribution in [0.5, 0.6) is 5.88 Å². The van der Waals surface area contributed by atoms with Crippen molar-refractivity contribution >= 4 is 17.6 Å². The fourth-order valence-corrected chi connectivity index (χ4v) is 1.36. The van der Waals surface area contributed by atoms with Gasteiger partial charge in [-0.25, -0.2) is 18.6 Å². The summed E-state index contributed by atoms with van der Waals surface area (Å²) in [6.07, 6.45) is -2.92. The second kappa shape index (κ2) is 5.07. The third kappa shape index (κ3) is 2.38. The van der Waals surface area contributed by atoms with Gasteiger partial charge in [-0.15, -0.1) is 0 Å². The van der Waals surface area contributed by atoms with Gasteiger partial charge < -0.3 is 9.47 Å². The van der Waals surface area contributed by atoms with Crippen LogP contribution in [-0.2, 0) is 4.74 Å². The van der Waals surface area contributed by atoms with Crippen molar-refractivity contribution in [2.24, 2.45) is 0 Å². The monoisotopic (exact) mass is 251 g/mol. The average Bonchev–Trinajstić information content (AvgIpc) is 2.26. The topological polar surface area (TPSA) is 48.4 Å². The number of carbonyl (C=O) groups excluding carboxylic acids is 1. The van der Waals surface area contributed by atoms with Crippen molar-refractivity contribution in [2.45, 2.75) is 6.43 Å². The van der Waals surface area contributed by atoms with Gasteiger partial charge in [0.1, 0.15) is 5.15 Å². The number of halogens is 3. The van der Waals surface area contributed by atoms with Crippen LogP contribution in [0.25, 0.3) is 0 Å². The van der Waals surface area contributed by atoms with Gasteiger partial charge in [0.15, 0.2) is 0 Å². The largest absolute Gasteiger partial charge is 0.481 e. The number of aromatic nitrogens is 1. The van der Waals surface area contributed by atoms with Crippen LogP contribution in [0.1, 0.15) is 22.3 Å². The summed E-state index contributed by atoms with van der Waals surface area (Å²) in [5, 5.41) is -0.477. The van der Waals surface area contributed by atoms with Gasteiger partial charge in [0.25, 0.3) is 6.43 Å². The molecule has 0 aromatic carbocycles. The molecule has 1 heterocycles. The van der Waals surface area contributed by atoms with E-state index in [1.165, 1.54) is 7.11 Å². The van der Waals surface area contributed by atoms with Crippen LogP contribution in [-0.4, -0.2) is 25.2 Å². The summed E-state index contributed by atoms with van der Waals surface area (Å²) in [5.74, 6) is -0.951. The minimum Gasteiger partial charge on any atom is -0.481 e. The quantitative estimate of drug-likeness (QED) is 0.612. The summed E-state index contributed by atoms with van der Waals surface area (Å²) < 4.78 is 34.4. The number of alkyl halides is 2. The van der Waals surface area contributed by atoms with E-state index in [1.807, 2.05) is 0 Å². The van der Waals surface area contributed by atoms with E-state index in [1.54, 1.807) is 0 Å². The lowest BCUT2D eigenvalue weighted by Crippen LogP contribution is -2.08. The van der Waals surface area contributed by atoms with Gasteiger partial charge in [-0.2, -0.15) is 0 Å². The van der Waals surface area contributed by atoms with Gasteiger partial charge in [-0.05, 0) is 0 Å². The summed E-state index contributed by atoms with van der Waals surface area (Å²) in [5.41, 5.74) is -1.01. The molecule has 1 aromatic rings. The standard InChI is InChI=1S/C9H8ClF2NO3/c1-15-5-3-4(9(14)16-2)6(8(11)12)7(10)13-5/h3,8H,1-2H3. The summed E-state index contributed by atoms with van der Waals surface area (Å²) in [7, 11) is 2.36. The molecule has 0 aliphatic rings. The first kappa shape index (κ1) is 12.6. The summed E-state index contributed by atoms with van der Waals surface area (Å²) in [6.45, 7) is 0. The zero-order chi connectivity index (χ0) is 12.3. The Morgan fingerprint density at radius 3 is 2.56 bits per heavy atom. The van der Waals surface area contributed by atoms with Crippen LogP contribution in [0.3, 0.4) is 0 Å². The third-order valence-corrected chi connectivity index (χ3v) is 2.11. The van der Waals surface area contributed by atoms with Gasteiger partial charge in [0.2, 0.25) is 5.88 Å². The number of esters is 1. The van der Waals surface area contributed by atoms with Gasteiger partial charge in [-0.1, -0.05) is 11.6 Å². The Balaban J connectivity index is 3.40. The highest BCUT2D eigenvalue weighted by Gasteiger charge is 2.24. The number of pyridine rings is 1. The molecule has 88 valence electrons. The van der Waals surface area contributed by atoms with Crippen molar-refractivity contribution in [2.75, 3.05) is 14.2 Å². The first-order valence-corrected chi connectivity index (χ1v) is 4.50. The lowest BCUT2D eigenvalue weighted by atomic mass is 10.1. The fraction of sp³-hybridized carbons (Fsp3) is 0.333. The molecule has 0 spiro atoms. The Bertz CT molecular complexity index is 412. The molecular formula is C9H8ClF2NO3. The number of hydrogen-bond acceptors (Lipinski definition) is 4. The maximum absolute atomic E-state index is 12.6. The highest BCUT2D eigenvalue weighted by Crippen LogP contribution is 2.31. The second-order valence-electron chi connectivity index (χ2n) is 2.71. The van der Waals surface area contributed by atoms with Crippen molar-refractivity contribution in [1.82, 2.24) is 4.98 Å². The van der Waals surface area contributed by atoms with E-state index in [9.17, 15) is 13.6 Å². The lowest BCUT2D eigenvalue weighted by molar-refractivity contribution is 0.0588. The van der Waals surface area contributed by atoms with Crippen LogP contribution in [0.2, 0.25) is 5.15 Å². The number of ether oxygens (including phenoxy) is 2. The van der Waals surface area contributed by atoms with Gasteiger partial charge in [-0.3, -0.25) is 0 Å². The molecule has 0 saturated carbocycles. The Hall–Kier alpha value is -1.43. The van der Waals surface area contributed by atoms with Crippen molar-refractivity contribution in [3.63, 3.8) is 0 Å². The van der Waals surface area contributed by atoms with Crippen LogP contribution < -0.4 is 4.74 Å². The Morgan fingerprint density at radius 1 is 1.50 bits per heavy atom. The summed E-state index contributed by atoms with van der Waals surface area (Å²) in [4.78, 5) is 14.8. The second-order valence-corrected chi connectivity index (χ2v) is 3.07. The van der Waals surface area contributed by atoms with Crippen molar-refractivity contribution in [1.29, 1.82) is 0 Å². The molecule has 0 saturated heterocycles. The first-order valence-electron chi connectivity index (χ1n) is 4.12. The van der Waals surface area contributed by atoms with E-state index in [4.69, 9.17) is 16.3 Å². The number of carbonyl (C=O) groups is 1. The smallest absolute Gasteiger partial charge is 0.338 e. The number of rotatable bonds is 3. The number of nitrogens with zero attached hydrogens (tertiary/aromatic N) is 1. The molecule has 0 aliphatic heterocycles. The maximum atomic E-state index is 12.6. The molecule has 0 bridgehead atoms. The maximum Gasteiger partial charge on any atom is 0.338 e. The molecule has 1 aromatic heterocycles. The molecule has 7 heteroatoms. The van der Waals surface area contributed by atoms with Crippen LogP contribution in [0.4, 0.5) is 8.78 Å². The molecular weight excluding hydrogens is 244 g/mol. The highest BCUT2D eigenvalue weighted by molar-refractivity contribution is 6.30. The van der Waals surface area contributed by atoms with Gasteiger partial charge >= 0.3 is 5.97 Å². The van der Waals surface area contributed by atoms with Gasteiger partial charge in [0, 0.05) is 6.07 Å². The molecule has 16 heavy (non-hydrogen) atoms. The molecule has 4 nitrogen and oxygen atoms in total. The van der Waals surface area contributed by atoms with E-state index in [0.29, 0.717) is 0 Å². The lowest BCUT2D eigenvalue weighted by Gasteiger charge is -2.10. The van der Waals surface area contributed by atoms with Crippen molar-refractivity contribution in [3.8, 4) is 5.88 Å². The van der Waals surface area contributed by atoms with E-state index in [0.717, 1.165) is 13.2 Å². The molecule has 0 unspecified atom stereocenters. The Labute approximate surface area is 95.1 Å². The molecule has 1 rings (SSSR count). The third-order valence-electron chi connectivity index (χ3n) is 1.82. The normalized spacial score (nSPS) is 10.4. The molecule has 0 radical (unpaired) electrons. The van der Waals surface area contributed by atoms with Gasteiger partial charge in [0.05, 0.1) is 25.3 Å².